The molecule has 4 rings (SSSR count). The molecule has 0 N–H and O–H groups in total. The van der Waals surface area contributed by atoms with E-state index in [-0.39, 0.29) is 18.8 Å². The van der Waals surface area contributed by atoms with Gasteiger partial charge in [-0.05, 0) is 73.7 Å². The van der Waals surface area contributed by atoms with Gasteiger partial charge in [0, 0.05) is 28.0 Å². The quantitative estimate of drug-likeness (QED) is 0.200. The van der Waals surface area contributed by atoms with E-state index in [0.717, 1.165) is 33.2 Å². The van der Waals surface area contributed by atoms with Crippen molar-refractivity contribution in [2.45, 2.75) is 40.2 Å². The molecule has 0 spiro atoms. The molecule has 3 aromatic carbocycles. The van der Waals surface area contributed by atoms with Gasteiger partial charge in [-0.1, -0.05) is 48.0 Å². The van der Waals surface area contributed by atoms with Crippen LogP contribution in [0.25, 0.3) is 22.1 Å². The van der Waals surface area contributed by atoms with Gasteiger partial charge in [0.25, 0.3) is 0 Å². The van der Waals surface area contributed by atoms with Crippen LogP contribution in [-0.4, -0.2) is 12.6 Å². The summed E-state index contributed by atoms with van der Waals surface area (Å²) in [6.45, 7) is 6.21. The van der Waals surface area contributed by atoms with Crippen molar-refractivity contribution in [2.24, 2.45) is 0 Å². The lowest BCUT2D eigenvalue weighted by molar-refractivity contribution is -0.143. The normalized spacial score (nSPS) is 11.0. The zero-order valence-corrected chi connectivity index (χ0v) is 20.8. The summed E-state index contributed by atoms with van der Waals surface area (Å²) >= 11 is 5.98. The number of ether oxygens (including phenoxy) is 2. The molecular formula is C29H27ClO5. The van der Waals surface area contributed by atoms with E-state index in [4.69, 9.17) is 25.5 Å². The first-order valence-corrected chi connectivity index (χ1v) is 11.9. The molecule has 5 nitrogen and oxygen atoms in total. The van der Waals surface area contributed by atoms with Crippen molar-refractivity contribution in [1.29, 1.82) is 0 Å². The summed E-state index contributed by atoms with van der Waals surface area (Å²) in [6.07, 6.45) is 0.425. The minimum atomic E-state index is -0.433. The third-order valence-electron chi connectivity index (χ3n) is 6.06. The summed E-state index contributed by atoms with van der Waals surface area (Å²) in [6, 6.07) is 19.7. The highest BCUT2D eigenvalue weighted by atomic mass is 35.5. The van der Waals surface area contributed by atoms with Crippen LogP contribution in [0.2, 0.25) is 5.02 Å². The molecule has 180 valence electrons. The average molecular weight is 491 g/mol. The Morgan fingerprint density at radius 1 is 0.914 bits per heavy atom. The van der Waals surface area contributed by atoms with Crippen LogP contribution in [0.3, 0.4) is 0 Å². The first-order valence-electron chi connectivity index (χ1n) is 11.6. The number of benzene rings is 3. The van der Waals surface area contributed by atoms with Gasteiger partial charge >= 0.3 is 11.6 Å². The summed E-state index contributed by atoms with van der Waals surface area (Å²) in [4.78, 5) is 24.4. The van der Waals surface area contributed by atoms with Crippen LogP contribution < -0.4 is 10.4 Å². The van der Waals surface area contributed by atoms with E-state index in [1.165, 1.54) is 0 Å². The lowest BCUT2D eigenvalue weighted by Crippen LogP contribution is -2.14. The number of rotatable bonds is 8. The molecule has 1 heterocycles. The van der Waals surface area contributed by atoms with Crippen LogP contribution >= 0.6 is 11.6 Å². The van der Waals surface area contributed by atoms with Gasteiger partial charge in [-0.15, -0.1) is 0 Å². The Balaban J connectivity index is 1.50. The average Bonchev–Trinajstić information content (AvgIpc) is 2.85. The molecule has 0 aliphatic rings. The van der Waals surface area contributed by atoms with Crippen LogP contribution in [0, 0.1) is 13.8 Å². The van der Waals surface area contributed by atoms with Gasteiger partial charge in [0.15, 0.2) is 0 Å². The Morgan fingerprint density at radius 2 is 1.57 bits per heavy atom. The van der Waals surface area contributed by atoms with E-state index < -0.39 is 5.63 Å². The minimum Gasteiger partial charge on any atom is -0.488 e. The second-order valence-electron chi connectivity index (χ2n) is 8.36. The number of fused-ring (bicyclic) bond motifs is 1. The van der Waals surface area contributed by atoms with E-state index >= 15 is 0 Å². The first-order chi connectivity index (χ1) is 16.9. The molecule has 6 heteroatoms. The third-order valence-corrected chi connectivity index (χ3v) is 6.32. The van der Waals surface area contributed by atoms with E-state index in [0.29, 0.717) is 35.1 Å². The van der Waals surface area contributed by atoms with Crippen LogP contribution in [0.5, 0.6) is 5.75 Å². The monoisotopic (exact) mass is 490 g/mol. The van der Waals surface area contributed by atoms with Crippen LogP contribution in [-0.2, 0) is 22.6 Å². The lowest BCUT2D eigenvalue weighted by atomic mass is 10.0. The molecule has 0 unspecified atom stereocenters. The maximum Gasteiger partial charge on any atom is 0.339 e. The molecule has 35 heavy (non-hydrogen) atoms. The van der Waals surface area contributed by atoms with Gasteiger partial charge in [0.05, 0.1) is 6.61 Å². The number of carbonyl (C=O) groups excluding carboxylic acids is 1. The number of halogens is 1. The van der Waals surface area contributed by atoms with E-state index in [2.05, 4.69) is 12.1 Å². The Labute approximate surface area is 209 Å². The van der Waals surface area contributed by atoms with E-state index in [1.54, 1.807) is 6.92 Å². The van der Waals surface area contributed by atoms with E-state index in [1.807, 2.05) is 62.4 Å². The Kier molecular flexibility index (Phi) is 7.57. The van der Waals surface area contributed by atoms with Crippen molar-refractivity contribution in [2.75, 3.05) is 6.61 Å². The highest BCUT2D eigenvalue weighted by Crippen LogP contribution is 2.30. The number of carbonyl (C=O) groups is 1. The smallest absolute Gasteiger partial charge is 0.339 e. The first kappa shape index (κ1) is 24.6. The molecule has 0 atom stereocenters. The number of hydrogen-bond acceptors (Lipinski definition) is 5. The highest BCUT2D eigenvalue weighted by Gasteiger charge is 2.16. The van der Waals surface area contributed by atoms with Crippen molar-refractivity contribution in [3.8, 4) is 16.9 Å². The van der Waals surface area contributed by atoms with Gasteiger partial charge < -0.3 is 13.9 Å². The Bertz CT molecular complexity index is 1400. The fourth-order valence-corrected chi connectivity index (χ4v) is 4.20. The molecule has 0 saturated carbocycles. The molecule has 0 aliphatic carbocycles. The molecule has 0 radical (unpaired) electrons. The minimum absolute atomic E-state index is 0.141. The molecule has 1 aromatic heterocycles. The molecular weight excluding hydrogens is 464 g/mol. The molecule has 0 bridgehead atoms. The summed E-state index contributed by atoms with van der Waals surface area (Å²) in [5.41, 5.74) is 5.36. The van der Waals surface area contributed by atoms with Gasteiger partial charge in [-0.3, -0.25) is 4.79 Å². The topological polar surface area (TPSA) is 65.7 Å². The molecule has 0 aliphatic heterocycles. The number of esters is 1. The molecule has 0 saturated heterocycles. The van der Waals surface area contributed by atoms with Crippen LogP contribution in [0.1, 0.15) is 35.6 Å². The fourth-order valence-electron chi connectivity index (χ4n) is 4.07. The summed E-state index contributed by atoms with van der Waals surface area (Å²) in [7, 11) is 0. The fraction of sp³-hybridized carbons (Fsp3) is 0.241. The second-order valence-corrected chi connectivity index (χ2v) is 8.79. The van der Waals surface area contributed by atoms with Crippen molar-refractivity contribution in [3.63, 3.8) is 0 Å². The lowest BCUT2D eigenvalue weighted by Gasteiger charge is -2.13. The van der Waals surface area contributed by atoms with Crippen LogP contribution in [0.15, 0.2) is 69.9 Å². The molecule has 0 amide bonds. The highest BCUT2D eigenvalue weighted by molar-refractivity contribution is 6.30. The zero-order chi connectivity index (χ0) is 24.9. The predicted molar refractivity (Wildman–Crippen MR) is 138 cm³/mol. The zero-order valence-electron chi connectivity index (χ0n) is 20.0. The Hall–Kier alpha value is -3.57. The Morgan fingerprint density at radius 3 is 2.23 bits per heavy atom. The summed E-state index contributed by atoms with van der Waals surface area (Å²) < 4.78 is 16.7. The maximum atomic E-state index is 12.7. The second kappa shape index (κ2) is 10.8. The maximum absolute atomic E-state index is 12.7. The summed E-state index contributed by atoms with van der Waals surface area (Å²) in [5.74, 6) is 0.327. The number of aryl methyl sites for hydroxylation is 2. The van der Waals surface area contributed by atoms with E-state index in [9.17, 15) is 9.59 Å². The van der Waals surface area contributed by atoms with Crippen molar-refractivity contribution in [1.82, 2.24) is 0 Å². The molecule has 0 fully saturated rings. The predicted octanol–water partition coefficient (Wildman–Crippen LogP) is 6.80. The van der Waals surface area contributed by atoms with Gasteiger partial charge in [-0.25, -0.2) is 4.79 Å². The standard InChI is InChI=1S/C29H27ClO5/c1-4-33-27(31)16-14-25-18(2)24-13-15-26(19(3)28(24)35-29(25)32)34-17-20-5-7-21(8-6-20)22-9-11-23(30)12-10-22/h5-13,15H,4,14,16-17H2,1-3H3. The molecule has 4 aromatic rings. The largest absolute Gasteiger partial charge is 0.488 e. The van der Waals surface area contributed by atoms with Gasteiger partial charge in [-0.2, -0.15) is 0 Å². The summed E-state index contributed by atoms with van der Waals surface area (Å²) in [5, 5.41) is 1.55. The van der Waals surface area contributed by atoms with Crippen molar-refractivity contribution in [3.05, 3.63) is 98.4 Å². The van der Waals surface area contributed by atoms with Crippen molar-refractivity contribution >= 4 is 28.5 Å². The van der Waals surface area contributed by atoms with Gasteiger partial charge in [0.1, 0.15) is 17.9 Å². The van der Waals surface area contributed by atoms with Gasteiger partial charge in [0.2, 0.25) is 0 Å². The third kappa shape index (κ3) is 5.57. The van der Waals surface area contributed by atoms with Crippen LogP contribution in [0.4, 0.5) is 0 Å². The number of hydrogen-bond donors (Lipinski definition) is 0. The van der Waals surface area contributed by atoms with Crippen molar-refractivity contribution < 1.29 is 18.7 Å². The SMILES string of the molecule is CCOC(=O)CCc1c(C)c2ccc(OCc3ccc(-c4ccc(Cl)cc4)cc3)c(C)c2oc1=O.